The van der Waals surface area contributed by atoms with E-state index in [0.717, 1.165) is 19.3 Å². The number of unbranched alkanes of at least 4 members (excludes halogenated alkanes) is 15. The van der Waals surface area contributed by atoms with Crippen LogP contribution in [-0.2, 0) is 38.7 Å². The fraction of sp³-hybridized carbons (Fsp3) is 0.839. The first-order valence-electron chi connectivity index (χ1n) is 15.8. The van der Waals surface area contributed by atoms with Crippen LogP contribution in [0.5, 0.6) is 0 Å². The maximum atomic E-state index is 12.2. The van der Waals surface area contributed by atoms with Gasteiger partial charge >= 0.3 is 17.9 Å². The van der Waals surface area contributed by atoms with Crippen molar-refractivity contribution in [3.8, 4) is 0 Å². The average molecular weight is 619 g/mol. The lowest BCUT2D eigenvalue weighted by Gasteiger charge is -2.29. The summed E-state index contributed by atoms with van der Waals surface area (Å²) in [6, 6.07) is 0. The van der Waals surface area contributed by atoms with E-state index >= 15 is 0 Å². The van der Waals surface area contributed by atoms with Crippen LogP contribution in [0.15, 0.2) is 12.2 Å². The first-order chi connectivity index (χ1) is 20.1. The number of rotatable bonds is 23. The van der Waals surface area contributed by atoms with Crippen LogP contribution in [0.3, 0.4) is 0 Å². The zero-order valence-electron chi connectivity index (χ0n) is 25.6. The first kappa shape index (κ1) is 38.0. The molecule has 1 heterocycles. The standard InChI is InChI=1S/C31H54O10S/c1-2-3-4-5-6-7-8-9-10-11-12-13-14-15-16-17-18-19-20-21-28(33)39-24-31(23-32)25-40-29(34)22-27(42(36,37)38)30(35)41-26-31/h9-10,27,32H,2-8,11-26H2,1H3,(H,36,37,38)/b10-9+. The molecule has 0 aromatic rings. The van der Waals surface area contributed by atoms with E-state index in [1.165, 1.54) is 83.5 Å². The van der Waals surface area contributed by atoms with E-state index in [-0.39, 0.29) is 13.0 Å². The van der Waals surface area contributed by atoms with Crippen molar-refractivity contribution in [1.29, 1.82) is 0 Å². The molecular formula is C31H54O10S. The van der Waals surface area contributed by atoms with E-state index in [0.29, 0.717) is 6.42 Å². The molecule has 1 rings (SSSR count). The Hall–Kier alpha value is -1.98. The Kier molecular flexibility index (Phi) is 20.4. The molecule has 2 unspecified atom stereocenters. The first-order valence-corrected chi connectivity index (χ1v) is 17.3. The van der Waals surface area contributed by atoms with E-state index in [2.05, 4.69) is 19.1 Å². The minimum Gasteiger partial charge on any atom is -0.465 e. The van der Waals surface area contributed by atoms with Gasteiger partial charge in [0.15, 0.2) is 5.25 Å². The van der Waals surface area contributed by atoms with Gasteiger partial charge in [-0.15, -0.1) is 0 Å². The number of cyclic esters (lactones) is 2. The average Bonchev–Trinajstić information content (AvgIpc) is 3.02. The molecule has 244 valence electrons. The highest BCUT2D eigenvalue weighted by Gasteiger charge is 2.42. The predicted molar refractivity (Wildman–Crippen MR) is 160 cm³/mol. The molecule has 0 amide bonds. The number of carbonyl (C=O) groups is 3. The van der Waals surface area contributed by atoms with Gasteiger partial charge in [-0.3, -0.25) is 18.9 Å². The highest BCUT2D eigenvalue weighted by molar-refractivity contribution is 7.87. The molecule has 1 fully saturated rings. The summed E-state index contributed by atoms with van der Waals surface area (Å²) in [5, 5.41) is 7.75. The number of aliphatic hydroxyl groups is 1. The summed E-state index contributed by atoms with van der Waals surface area (Å²) in [6.45, 7) is 0.224. The molecule has 42 heavy (non-hydrogen) atoms. The molecule has 1 aliphatic rings. The Morgan fingerprint density at radius 3 is 1.88 bits per heavy atom. The van der Waals surface area contributed by atoms with Crippen LogP contribution >= 0.6 is 0 Å². The third-order valence-corrected chi connectivity index (χ3v) is 8.63. The molecule has 1 aliphatic heterocycles. The molecular weight excluding hydrogens is 564 g/mol. The minimum atomic E-state index is -4.89. The normalized spacial score (nSPS) is 20.0. The van der Waals surface area contributed by atoms with Crippen LogP contribution in [0, 0.1) is 5.41 Å². The molecule has 0 aliphatic carbocycles. The van der Waals surface area contributed by atoms with Gasteiger partial charge in [0.05, 0.1) is 18.4 Å². The summed E-state index contributed by atoms with van der Waals surface area (Å²) in [6.07, 6.45) is 24.3. The largest absolute Gasteiger partial charge is 0.465 e. The van der Waals surface area contributed by atoms with Crippen molar-refractivity contribution >= 4 is 28.0 Å². The Bertz CT molecular complexity index is 901. The van der Waals surface area contributed by atoms with Crippen LogP contribution in [0.4, 0.5) is 0 Å². The van der Waals surface area contributed by atoms with Crippen LogP contribution in [-0.4, -0.2) is 67.7 Å². The Labute approximate surface area is 252 Å². The molecule has 0 saturated carbocycles. The summed E-state index contributed by atoms with van der Waals surface area (Å²) in [5.74, 6) is -2.89. The van der Waals surface area contributed by atoms with Gasteiger partial charge in [0.1, 0.15) is 19.8 Å². The lowest BCUT2D eigenvalue weighted by Crippen LogP contribution is -2.42. The van der Waals surface area contributed by atoms with E-state index in [1.54, 1.807) is 0 Å². The molecule has 0 aromatic carbocycles. The Balaban J connectivity index is 2.11. The molecule has 0 bridgehead atoms. The second-order valence-electron chi connectivity index (χ2n) is 11.5. The Morgan fingerprint density at radius 2 is 1.36 bits per heavy atom. The number of carbonyl (C=O) groups excluding carboxylic acids is 3. The molecule has 11 heteroatoms. The second-order valence-corrected chi connectivity index (χ2v) is 13.1. The number of allylic oxidation sites excluding steroid dienone is 2. The van der Waals surface area contributed by atoms with Crippen molar-refractivity contribution in [2.45, 2.75) is 134 Å². The van der Waals surface area contributed by atoms with Gasteiger partial charge in [0.25, 0.3) is 10.1 Å². The number of esters is 3. The molecule has 2 atom stereocenters. The summed E-state index contributed by atoms with van der Waals surface area (Å²) in [4.78, 5) is 36.2. The lowest BCUT2D eigenvalue weighted by molar-refractivity contribution is -0.161. The second kappa shape index (κ2) is 22.5. The minimum absolute atomic E-state index is 0.193. The highest BCUT2D eigenvalue weighted by Crippen LogP contribution is 2.23. The maximum Gasteiger partial charge on any atom is 0.327 e. The summed E-state index contributed by atoms with van der Waals surface area (Å²) in [5.41, 5.74) is -1.43. The summed E-state index contributed by atoms with van der Waals surface area (Å²) < 4.78 is 47.2. The van der Waals surface area contributed by atoms with Gasteiger partial charge in [-0.1, -0.05) is 96.1 Å². The number of hydrogen-bond acceptors (Lipinski definition) is 9. The van der Waals surface area contributed by atoms with E-state index in [9.17, 15) is 32.5 Å². The topological polar surface area (TPSA) is 154 Å². The maximum absolute atomic E-state index is 12.2. The van der Waals surface area contributed by atoms with Gasteiger partial charge in [-0.25, -0.2) is 0 Å². The number of ether oxygens (including phenoxy) is 3. The third kappa shape index (κ3) is 17.9. The van der Waals surface area contributed by atoms with Crippen molar-refractivity contribution < 1.29 is 46.7 Å². The van der Waals surface area contributed by atoms with Gasteiger partial charge in [-0.05, 0) is 32.1 Å². The SMILES string of the molecule is CCCCCCCC/C=C/CCCCCCCCCCCC(=O)OCC1(CO)COC(=O)CC(S(=O)(=O)O)C(=O)OC1. The molecule has 0 radical (unpaired) electrons. The third-order valence-electron chi connectivity index (χ3n) is 7.55. The monoisotopic (exact) mass is 618 g/mol. The molecule has 0 spiro atoms. The molecule has 1 saturated heterocycles. The van der Waals surface area contributed by atoms with Crippen LogP contribution in [0.2, 0.25) is 0 Å². The highest BCUT2D eigenvalue weighted by atomic mass is 32.2. The summed E-state index contributed by atoms with van der Waals surface area (Å²) >= 11 is 0. The lowest BCUT2D eigenvalue weighted by atomic mass is 9.92. The van der Waals surface area contributed by atoms with Crippen LogP contribution < -0.4 is 0 Å². The van der Waals surface area contributed by atoms with Gasteiger partial charge in [-0.2, -0.15) is 8.42 Å². The number of hydrogen-bond donors (Lipinski definition) is 2. The molecule has 10 nitrogen and oxygen atoms in total. The van der Waals surface area contributed by atoms with Crippen LogP contribution in [0.1, 0.15) is 129 Å². The van der Waals surface area contributed by atoms with Crippen molar-refractivity contribution in [2.75, 3.05) is 26.4 Å². The van der Waals surface area contributed by atoms with Crippen molar-refractivity contribution in [3.63, 3.8) is 0 Å². The molecule has 2 N–H and O–H groups in total. The fourth-order valence-electron chi connectivity index (χ4n) is 4.69. The quantitative estimate of drug-likeness (QED) is 0.0468. The zero-order chi connectivity index (χ0) is 31.1. The van der Waals surface area contributed by atoms with Crippen molar-refractivity contribution in [3.05, 3.63) is 12.2 Å². The van der Waals surface area contributed by atoms with Gasteiger partial charge in [0, 0.05) is 6.42 Å². The predicted octanol–water partition coefficient (Wildman–Crippen LogP) is 5.85. The van der Waals surface area contributed by atoms with E-state index < -0.39 is 64.9 Å². The summed E-state index contributed by atoms with van der Waals surface area (Å²) in [7, 11) is -4.89. The fourth-order valence-corrected chi connectivity index (χ4v) is 5.34. The zero-order valence-corrected chi connectivity index (χ0v) is 26.4. The van der Waals surface area contributed by atoms with Crippen LogP contribution in [0.25, 0.3) is 0 Å². The van der Waals surface area contributed by atoms with E-state index in [4.69, 9.17) is 14.2 Å². The van der Waals surface area contributed by atoms with Crippen molar-refractivity contribution in [2.24, 2.45) is 5.41 Å². The number of aliphatic hydroxyl groups excluding tert-OH is 1. The van der Waals surface area contributed by atoms with Gasteiger partial charge in [0.2, 0.25) is 0 Å². The van der Waals surface area contributed by atoms with Gasteiger partial charge < -0.3 is 19.3 Å². The molecule has 0 aromatic heterocycles. The smallest absolute Gasteiger partial charge is 0.327 e. The Morgan fingerprint density at radius 1 is 0.857 bits per heavy atom. The van der Waals surface area contributed by atoms with E-state index in [1.807, 2.05) is 0 Å². The van der Waals surface area contributed by atoms with Crippen molar-refractivity contribution in [1.82, 2.24) is 0 Å².